The van der Waals surface area contributed by atoms with Crippen LogP contribution in [0.5, 0.6) is 0 Å². The number of piperidine rings is 1. The molecule has 1 aromatic heterocycles. The van der Waals surface area contributed by atoms with Crippen molar-refractivity contribution in [2.45, 2.75) is 44.7 Å². The average Bonchev–Trinajstić information content (AvgIpc) is 3.29. The smallest absolute Gasteiger partial charge is 0.0623 e. The molecular weight excluding hydrogens is 318 g/mol. The van der Waals surface area contributed by atoms with Crippen LogP contribution in [0.25, 0.3) is 10.9 Å². The van der Waals surface area contributed by atoms with Crippen molar-refractivity contribution in [3.63, 3.8) is 0 Å². The van der Waals surface area contributed by atoms with Gasteiger partial charge in [-0.25, -0.2) is 0 Å². The van der Waals surface area contributed by atoms with Crippen LogP contribution in [0.2, 0.25) is 0 Å². The van der Waals surface area contributed by atoms with Gasteiger partial charge >= 0.3 is 0 Å². The SMILES string of the molecule is CCC1Cc2ccccc2N1C1CCN(c2c[nH]c3ccccc23)CC1. The number of H-pyrrole nitrogens is 1. The molecule has 1 N–H and O–H groups in total. The third kappa shape index (κ3) is 2.49. The van der Waals surface area contributed by atoms with E-state index in [1.807, 2.05) is 0 Å². The number of nitrogens with one attached hydrogen (secondary N) is 1. The molecule has 0 bridgehead atoms. The zero-order valence-electron chi connectivity index (χ0n) is 15.5. The molecule has 0 amide bonds. The largest absolute Gasteiger partial charge is 0.370 e. The summed E-state index contributed by atoms with van der Waals surface area (Å²) in [6.07, 6.45) is 7.12. The predicted octanol–water partition coefficient (Wildman–Crippen LogP) is 4.98. The summed E-state index contributed by atoms with van der Waals surface area (Å²) >= 11 is 0. The third-order valence-corrected chi connectivity index (χ3v) is 6.36. The Hall–Kier alpha value is -2.42. The van der Waals surface area contributed by atoms with Gasteiger partial charge in [0.15, 0.2) is 0 Å². The summed E-state index contributed by atoms with van der Waals surface area (Å²) in [6, 6.07) is 19.0. The predicted molar refractivity (Wildman–Crippen MR) is 110 cm³/mol. The number of fused-ring (bicyclic) bond motifs is 2. The van der Waals surface area contributed by atoms with Crippen LogP contribution in [0.1, 0.15) is 31.7 Å². The molecule has 1 fully saturated rings. The molecule has 0 saturated carbocycles. The highest BCUT2D eigenvalue weighted by atomic mass is 15.2. The maximum Gasteiger partial charge on any atom is 0.0623 e. The number of hydrogen-bond acceptors (Lipinski definition) is 2. The number of benzene rings is 2. The van der Waals surface area contributed by atoms with Gasteiger partial charge in [0, 0.05) is 48.0 Å². The first-order chi connectivity index (χ1) is 12.8. The van der Waals surface area contributed by atoms with E-state index in [2.05, 4.69) is 76.4 Å². The number of hydrogen-bond donors (Lipinski definition) is 1. The van der Waals surface area contributed by atoms with Crippen LogP contribution in [0.3, 0.4) is 0 Å². The van der Waals surface area contributed by atoms with E-state index in [-0.39, 0.29) is 0 Å². The zero-order valence-corrected chi connectivity index (χ0v) is 15.5. The highest BCUT2D eigenvalue weighted by molar-refractivity contribution is 5.92. The van der Waals surface area contributed by atoms with Crippen molar-refractivity contribution in [2.24, 2.45) is 0 Å². The summed E-state index contributed by atoms with van der Waals surface area (Å²) in [5.74, 6) is 0. The van der Waals surface area contributed by atoms with Gasteiger partial charge in [-0.2, -0.15) is 0 Å². The number of aromatic nitrogens is 1. The molecule has 3 heterocycles. The molecular formula is C23H27N3. The molecule has 26 heavy (non-hydrogen) atoms. The highest BCUT2D eigenvalue weighted by Gasteiger charge is 2.34. The lowest BCUT2D eigenvalue weighted by Gasteiger charge is -2.41. The molecule has 3 aromatic rings. The quantitative estimate of drug-likeness (QED) is 0.723. The molecule has 2 aliphatic heterocycles. The first-order valence-electron chi connectivity index (χ1n) is 10.0. The van der Waals surface area contributed by atoms with Gasteiger partial charge in [-0.3, -0.25) is 0 Å². The lowest BCUT2D eigenvalue weighted by Crippen LogP contribution is -2.47. The number of rotatable bonds is 3. The molecule has 3 heteroatoms. The average molecular weight is 345 g/mol. The second-order valence-corrected chi connectivity index (χ2v) is 7.74. The van der Waals surface area contributed by atoms with Crippen molar-refractivity contribution in [3.05, 3.63) is 60.3 Å². The monoisotopic (exact) mass is 345 g/mol. The Morgan fingerprint density at radius 2 is 1.73 bits per heavy atom. The fraction of sp³-hybridized carbons (Fsp3) is 0.391. The van der Waals surface area contributed by atoms with Crippen molar-refractivity contribution >= 4 is 22.3 Å². The van der Waals surface area contributed by atoms with Gasteiger partial charge in [0.05, 0.1) is 5.69 Å². The zero-order chi connectivity index (χ0) is 17.5. The molecule has 134 valence electrons. The van der Waals surface area contributed by atoms with Crippen LogP contribution in [0, 0.1) is 0 Å². The number of aromatic amines is 1. The van der Waals surface area contributed by atoms with Crippen LogP contribution >= 0.6 is 0 Å². The van der Waals surface area contributed by atoms with Crippen molar-refractivity contribution < 1.29 is 0 Å². The lowest BCUT2D eigenvalue weighted by atomic mass is 10.00. The first-order valence-corrected chi connectivity index (χ1v) is 10.0. The van der Waals surface area contributed by atoms with Crippen molar-refractivity contribution in [1.82, 2.24) is 4.98 Å². The van der Waals surface area contributed by atoms with Gasteiger partial charge in [-0.05, 0) is 43.4 Å². The molecule has 1 unspecified atom stereocenters. The molecule has 1 atom stereocenters. The Kier molecular flexibility index (Phi) is 3.88. The Morgan fingerprint density at radius 1 is 0.962 bits per heavy atom. The van der Waals surface area contributed by atoms with Crippen LogP contribution in [0.4, 0.5) is 11.4 Å². The minimum Gasteiger partial charge on any atom is -0.370 e. The minimum absolute atomic E-state index is 0.671. The van der Waals surface area contributed by atoms with E-state index in [1.165, 1.54) is 48.0 Å². The molecule has 2 aromatic carbocycles. The van der Waals surface area contributed by atoms with E-state index in [4.69, 9.17) is 0 Å². The van der Waals surface area contributed by atoms with Gasteiger partial charge in [0.1, 0.15) is 0 Å². The summed E-state index contributed by atoms with van der Waals surface area (Å²) in [7, 11) is 0. The van der Waals surface area contributed by atoms with Crippen molar-refractivity contribution in [2.75, 3.05) is 22.9 Å². The normalized spacial score (nSPS) is 20.7. The summed E-state index contributed by atoms with van der Waals surface area (Å²) in [5.41, 5.74) is 5.64. The van der Waals surface area contributed by atoms with E-state index in [0.717, 1.165) is 13.1 Å². The van der Waals surface area contributed by atoms with Crippen molar-refractivity contribution in [3.8, 4) is 0 Å². The van der Waals surface area contributed by atoms with Gasteiger partial charge in [-0.1, -0.05) is 43.3 Å². The third-order valence-electron chi connectivity index (χ3n) is 6.36. The van der Waals surface area contributed by atoms with Crippen LogP contribution in [0.15, 0.2) is 54.7 Å². The molecule has 0 radical (unpaired) electrons. The van der Waals surface area contributed by atoms with Gasteiger partial charge in [0.25, 0.3) is 0 Å². The lowest BCUT2D eigenvalue weighted by molar-refractivity contribution is 0.431. The molecule has 0 aliphatic carbocycles. The van der Waals surface area contributed by atoms with Crippen LogP contribution in [-0.4, -0.2) is 30.2 Å². The van der Waals surface area contributed by atoms with E-state index in [0.29, 0.717) is 12.1 Å². The highest BCUT2D eigenvalue weighted by Crippen LogP contribution is 2.38. The first kappa shape index (κ1) is 15.8. The number of anilines is 2. The number of para-hydroxylation sites is 2. The summed E-state index contributed by atoms with van der Waals surface area (Å²) in [6.45, 7) is 4.62. The fourth-order valence-electron chi connectivity index (χ4n) is 5.02. The van der Waals surface area contributed by atoms with E-state index >= 15 is 0 Å². The Balaban J connectivity index is 1.36. The van der Waals surface area contributed by atoms with Crippen LogP contribution < -0.4 is 9.80 Å². The second kappa shape index (κ2) is 6.39. The summed E-state index contributed by atoms with van der Waals surface area (Å²) in [5, 5.41) is 1.35. The molecule has 0 spiro atoms. The van der Waals surface area contributed by atoms with Crippen molar-refractivity contribution in [1.29, 1.82) is 0 Å². The maximum atomic E-state index is 3.43. The molecule has 2 aliphatic rings. The number of nitrogens with zero attached hydrogens (tertiary/aromatic N) is 2. The van der Waals surface area contributed by atoms with E-state index in [1.54, 1.807) is 5.56 Å². The topological polar surface area (TPSA) is 22.3 Å². The van der Waals surface area contributed by atoms with E-state index < -0.39 is 0 Å². The van der Waals surface area contributed by atoms with E-state index in [9.17, 15) is 0 Å². The Labute approximate surface area is 155 Å². The Morgan fingerprint density at radius 3 is 2.58 bits per heavy atom. The van der Waals surface area contributed by atoms with Gasteiger partial charge < -0.3 is 14.8 Å². The van der Waals surface area contributed by atoms with Crippen LogP contribution in [-0.2, 0) is 6.42 Å². The fourth-order valence-corrected chi connectivity index (χ4v) is 5.02. The standard InChI is InChI=1S/C23H27N3/c1-2-18-15-17-7-3-6-10-22(17)26(18)19-11-13-25(14-12-19)23-16-24-21-9-5-4-8-20(21)23/h3-10,16,18-19,24H,2,11-15H2,1H3. The molecule has 3 nitrogen and oxygen atoms in total. The summed E-state index contributed by atoms with van der Waals surface area (Å²) in [4.78, 5) is 8.75. The van der Waals surface area contributed by atoms with Gasteiger partial charge in [0.2, 0.25) is 0 Å². The maximum absolute atomic E-state index is 3.43. The Bertz CT molecular complexity index is 904. The second-order valence-electron chi connectivity index (χ2n) is 7.74. The minimum atomic E-state index is 0.671. The van der Waals surface area contributed by atoms with Gasteiger partial charge in [-0.15, -0.1) is 0 Å². The molecule has 5 rings (SSSR count). The summed E-state index contributed by atoms with van der Waals surface area (Å²) < 4.78 is 0. The molecule has 1 saturated heterocycles.